The molecule has 1 aromatic rings. The van der Waals surface area contributed by atoms with Crippen molar-refractivity contribution in [2.75, 3.05) is 0 Å². The molecule has 0 aliphatic heterocycles. The Morgan fingerprint density at radius 2 is 1.71 bits per heavy atom. The van der Waals surface area contributed by atoms with Gasteiger partial charge in [0.25, 0.3) is 0 Å². The second-order valence-electron chi connectivity index (χ2n) is 3.85. The van der Waals surface area contributed by atoms with E-state index in [-0.39, 0.29) is 0 Å². The molecule has 0 bridgehead atoms. The van der Waals surface area contributed by atoms with E-state index < -0.39 is 0 Å². The molecule has 0 amide bonds. The van der Waals surface area contributed by atoms with Crippen LogP contribution in [0.15, 0.2) is 30.3 Å². The first-order chi connectivity index (χ1) is 6.77. The van der Waals surface area contributed by atoms with Gasteiger partial charge in [-0.2, -0.15) is 0 Å². The summed E-state index contributed by atoms with van der Waals surface area (Å²) in [7, 11) is 0. The predicted molar refractivity (Wildman–Crippen MR) is 62.4 cm³/mol. The number of hydrogen-bond donors (Lipinski definition) is 1. The lowest BCUT2D eigenvalue weighted by atomic mass is 10.0. The Morgan fingerprint density at radius 1 is 1.07 bits per heavy atom. The lowest BCUT2D eigenvalue weighted by Crippen LogP contribution is -2.29. The molecule has 0 saturated carbocycles. The first kappa shape index (κ1) is 11.3. The van der Waals surface area contributed by atoms with Crippen LogP contribution in [0.3, 0.4) is 0 Å². The van der Waals surface area contributed by atoms with Crippen LogP contribution in [0.2, 0.25) is 0 Å². The van der Waals surface area contributed by atoms with Gasteiger partial charge < -0.3 is 5.32 Å². The summed E-state index contributed by atoms with van der Waals surface area (Å²) in [5, 5.41) is 3.63. The van der Waals surface area contributed by atoms with E-state index in [0.717, 1.165) is 6.42 Å². The van der Waals surface area contributed by atoms with Crippen LogP contribution >= 0.6 is 0 Å². The zero-order valence-electron chi connectivity index (χ0n) is 9.46. The Kier molecular flexibility index (Phi) is 4.68. The minimum Gasteiger partial charge on any atom is -0.307 e. The summed E-state index contributed by atoms with van der Waals surface area (Å²) in [5.74, 6) is 0. The molecule has 1 N–H and O–H groups in total. The molecular weight excluding hydrogens is 170 g/mol. The molecule has 2 unspecified atom stereocenters. The fraction of sp³-hybridized carbons (Fsp3) is 0.538. The molecular formula is C13H21N. The lowest BCUT2D eigenvalue weighted by molar-refractivity contribution is 0.437. The van der Waals surface area contributed by atoms with Gasteiger partial charge in [-0.3, -0.25) is 0 Å². The maximum absolute atomic E-state index is 3.63. The van der Waals surface area contributed by atoms with E-state index in [0.29, 0.717) is 12.1 Å². The predicted octanol–water partition coefficient (Wildman–Crippen LogP) is 3.53. The molecule has 0 fully saturated rings. The molecule has 0 spiro atoms. The highest BCUT2D eigenvalue weighted by Crippen LogP contribution is 2.16. The van der Waals surface area contributed by atoms with Crippen molar-refractivity contribution in [3.05, 3.63) is 35.9 Å². The van der Waals surface area contributed by atoms with Crippen LogP contribution in [0.4, 0.5) is 0 Å². The summed E-state index contributed by atoms with van der Waals surface area (Å²) in [6, 6.07) is 11.8. The van der Waals surface area contributed by atoms with Crippen LogP contribution in [0.5, 0.6) is 0 Å². The maximum Gasteiger partial charge on any atom is 0.0319 e. The van der Waals surface area contributed by atoms with Crippen molar-refractivity contribution in [1.82, 2.24) is 5.32 Å². The fourth-order valence-corrected chi connectivity index (χ4v) is 1.60. The number of hydrogen-bond acceptors (Lipinski definition) is 1. The fourth-order valence-electron chi connectivity index (χ4n) is 1.60. The Hall–Kier alpha value is -0.820. The highest BCUT2D eigenvalue weighted by Gasteiger charge is 2.10. The van der Waals surface area contributed by atoms with Gasteiger partial charge in [0.15, 0.2) is 0 Å². The van der Waals surface area contributed by atoms with Crippen molar-refractivity contribution in [3.63, 3.8) is 0 Å². The average molecular weight is 191 g/mol. The standard InChI is InChI=1S/C13H21N/c1-4-11(3)14-13(5-2)12-9-7-6-8-10-12/h6-11,13-14H,4-5H2,1-3H3. The van der Waals surface area contributed by atoms with Crippen LogP contribution < -0.4 is 5.32 Å². The minimum absolute atomic E-state index is 0.506. The van der Waals surface area contributed by atoms with E-state index in [9.17, 15) is 0 Å². The molecule has 0 heterocycles. The van der Waals surface area contributed by atoms with Gasteiger partial charge in [-0.1, -0.05) is 44.2 Å². The number of benzene rings is 1. The van der Waals surface area contributed by atoms with Crippen molar-refractivity contribution < 1.29 is 0 Å². The van der Waals surface area contributed by atoms with E-state index in [1.54, 1.807) is 0 Å². The molecule has 1 rings (SSSR count). The molecule has 14 heavy (non-hydrogen) atoms. The molecule has 2 atom stereocenters. The summed E-state index contributed by atoms with van der Waals surface area (Å²) in [5.41, 5.74) is 1.40. The molecule has 0 aliphatic rings. The van der Waals surface area contributed by atoms with Crippen LogP contribution in [0, 0.1) is 0 Å². The lowest BCUT2D eigenvalue weighted by Gasteiger charge is -2.21. The molecule has 0 saturated heterocycles. The van der Waals surface area contributed by atoms with Crippen molar-refractivity contribution in [2.24, 2.45) is 0 Å². The Bertz CT molecular complexity index is 243. The summed E-state index contributed by atoms with van der Waals surface area (Å²) in [6.07, 6.45) is 2.33. The monoisotopic (exact) mass is 191 g/mol. The van der Waals surface area contributed by atoms with Gasteiger partial charge in [0, 0.05) is 12.1 Å². The molecule has 1 aromatic carbocycles. The highest BCUT2D eigenvalue weighted by molar-refractivity contribution is 5.18. The normalized spacial score (nSPS) is 15.1. The largest absolute Gasteiger partial charge is 0.307 e. The van der Waals surface area contributed by atoms with Crippen LogP contribution in [-0.4, -0.2) is 6.04 Å². The summed E-state index contributed by atoms with van der Waals surface area (Å²) < 4.78 is 0. The van der Waals surface area contributed by atoms with Gasteiger partial charge in [0.1, 0.15) is 0 Å². The van der Waals surface area contributed by atoms with E-state index in [4.69, 9.17) is 0 Å². The van der Waals surface area contributed by atoms with Gasteiger partial charge >= 0.3 is 0 Å². The van der Waals surface area contributed by atoms with E-state index in [1.807, 2.05) is 0 Å². The molecule has 1 heteroatoms. The van der Waals surface area contributed by atoms with E-state index >= 15 is 0 Å². The van der Waals surface area contributed by atoms with Crippen molar-refractivity contribution in [1.29, 1.82) is 0 Å². The van der Waals surface area contributed by atoms with Gasteiger partial charge in [0.05, 0.1) is 0 Å². The van der Waals surface area contributed by atoms with Crippen molar-refractivity contribution in [3.8, 4) is 0 Å². The highest BCUT2D eigenvalue weighted by atomic mass is 14.9. The van der Waals surface area contributed by atoms with Gasteiger partial charge in [-0.25, -0.2) is 0 Å². The van der Waals surface area contributed by atoms with Crippen molar-refractivity contribution in [2.45, 2.75) is 45.7 Å². The van der Waals surface area contributed by atoms with Crippen LogP contribution in [-0.2, 0) is 0 Å². The smallest absolute Gasteiger partial charge is 0.0319 e. The van der Waals surface area contributed by atoms with Crippen LogP contribution in [0.1, 0.15) is 45.2 Å². The quantitative estimate of drug-likeness (QED) is 0.750. The number of rotatable bonds is 5. The average Bonchev–Trinajstić information content (AvgIpc) is 2.26. The van der Waals surface area contributed by atoms with E-state index in [1.165, 1.54) is 12.0 Å². The first-order valence-corrected chi connectivity index (χ1v) is 5.58. The second kappa shape index (κ2) is 5.82. The Balaban J connectivity index is 2.63. The van der Waals surface area contributed by atoms with Gasteiger partial charge in [0.2, 0.25) is 0 Å². The van der Waals surface area contributed by atoms with Crippen LogP contribution in [0.25, 0.3) is 0 Å². The Labute approximate surface area is 87.5 Å². The SMILES string of the molecule is CCC(C)NC(CC)c1ccccc1. The molecule has 0 aromatic heterocycles. The third-order valence-corrected chi connectivity index (χ3v) is 2.71. The molecule has 0 aliphatic carbocycles. The maximum atomic E-state index is 3.63. The summed E-state index contributed by atoms with van der Waals surface area (Å²) >= 11 is 0. The zero-order valence-corrected chi connectivity index (χ0v) is 9.46. The molecule has 78 valence electrons. The van der Waals surface area contributed by atoms with Crippen molar-refractivity contribution >= 4 is 0 Å². The van der Waals surface area contributed by atoms with Gasteiger partial charge in [-0.15, -0.1) is 0 Å². The first-order valence-electron chi connectivity index (χ1n) is 5.58. The Morgan fingerprint density at radius 3 is 2.21 bits per heavy atom. The van der Waals surface area contributed by atoms with Gasteiger partial charge in [-0.05, 0) is 25.3 Å². The third-order valence-electron chi connectivity index (χ3n) is 2.71. The zero-order chi connectivity index (χ0) is 10.4. The number of nitrogens with one attached hydrogen (secondary N) is 1. The summed E-state index contributed by atoms with van der Waals surface area (Å²) in [4.78, 5) is 0. The van der Waals surface area contributed by atoms with E-state index in [2.05, 4.69) is 56.4 Å². The topological polar surface area (TPSA) is 12.0 Å². The summed E-state index contributed by atoms with van der Waals surface area (Å²) in [6.45, 7) is 6.69. The molecule has 1 nitrogen and oxygen atoms in total. The third kappa shape index (κ3) is 3.15. The minimum atomic E-state index is 0.506. The second-order valence-corrected chi connectivity index (χ2v) is 3.85. The molecule has 0 radical (unpaired) electrons.